The van der Waals surface area contributed by atoms with Crippen molar-refractivity contribution in [3.63, 3.8) is 0 Å². The molecule has 1 saturated heterocycles. The Labute approximate surface area is 119 Å². The molecule has 3 aromatic rings. The Morgan fingerprint density at radius 2 is 2.10 bits per heavy atom. The maximum atomic E-state index is 5.71. The van der Waals surface area contributed by atoms with Crippen LogP contribution in [0.5, 0.6) is 0 Å². The van der Waals surface area contributed by atoms with Gasteiger partial charge in [-0.15, -0.1) is 10.2 Å². The third-order valence-electron chi connectivity index (χ3n) is 3.47. The maximum Gasteiger partial charge on any atom is 0.234 e. The van der Waals surface area contributed by atoms with Gasteiger partial charge in [0, 0.05) is 23.8 Å². The first-order valence-corrected chi connectivity index (χ1v) is 7.29. The lowest BCUT2D eigenvalue weighted by atomic mass is 10.1. The SMILES string of the molecule is Nc1ccc(-c2nn3c(C4CCOC4)nnc3s2)cc1. The van der Waals surface area contributed by atoms with Crippen molar-refractivity contribution < 1.29 is 4.74 Å². The molecule has 102 valence electrons. The second-order valence-electron chi connectivity index (χ2n) is 4.84. The van der Waals surface area contributed by atoms with E-state index in [9.17, 15) is 0 Å². The zero-order valence-corrected chi connectivity index (χ0v) is 11.5. The van der Waals surface area contributed by atoms with Gasteiger partial charge in [-0.05, 0) is 30.7 Å². The summed E-state index contributed by atoms with van der Waals surface area (Å²) in [6, 6.07) is 7.70. The van der Waals surface area contributed by atoms with E-state index < -0.39 is 0 Å². The number of ether oxygens (including phenoxy) is 1. The highest BCUT2D eigenvalue weighted by Crippen LogP contribution is 2.29. The fourth-order valence-corrected chi connectivity index (χ4v) is 3.22. The third kappa shape index (κ3) is 1.86. The number of nitrogens with two attached hydrogens (primary N) is 1. The van der Waals surface area contributed by atoms with Gasteiger partial charge >= 0.3 is 0 Å². The summed E-state index contributed by atoms with van der Waals surface area (Å²) in [6.07, 6.45) is 0.982. The quantitative estimate of drug-likeness (QED) is 0.729. The van der Waals surface area contributed by atoms with Crippen molar-refractivity contribution in [2.75, 3.05) is 18.9 Å². The number of anilines is 1. The van der Waals surface area contributed by atoms with Crippen LogP contribution in [0.25, 0.3) is 15.5 Å². The van der Waals surface area contributed by atoms with Crippen LogP contribution in [-0.4, -0.2) is 33.0 Å². The molecule has 6 nitrogen and oxygen atoms in total. The minimum Gasteiger partial charge on any atom is -0.399 e. The van der Waals surface area contributed by atoms with Crippen LogP contribution in [0.15, 0.2) is 24.3 Å². The number of nitrogens with zero attached hydrogens (tertiary/aromatic N) is 4. The molecule has 7 heteroatoms. The van der Waals surface area contributed by atoms with E-state index in [-0.39, 0.29) is 0 Å². The number of hydrogen-bond donors (Lipinski definition) is 1. The summed E-state index contributed by atoms with van der Waals surface area (Å²) in [5.74, 6) is 1.20. The van der Waals surface area contributed by atoms with Crippen LogP contribution in [0, 0.1) is 0 Å². The van der Waals surface area contributed by atoms with Gasteiger partial charge < -0.3 is 10.5 Å². The van der Waals surface area contributed by atoms with Gasteiger partial charge in [0.25, 0.3) is 0 Å². The molecular formula is C13H13N5OS. The smallest absolute Gasteiger partial charge is 0.234 e. The van der Waals surface area contributed by atoms with Crippen molar-refractivity contribution in [1.82, 2.24) is 19.8 Å². The second kappa shape index (κ2) is 4.53. The van der Waals surface area contributed by atoms with E-state index in [1.54, 1.807) is 0 Å². The monoisotopic (exact) mass is 287 g/mol. The van der Waals surface area contributed by atoms with Gasteiger partial charge in [0.1, 0.15) is 5.01 Å². The highest BCUT2D eigenvalue weighted by Gasteiger charge is 2.24. The number of hydrogen-bond acceptors (Lipinski definition) is 6. The van der Waals surface area contributed by atoms with Crippen molar-refractivity contribution in [1.29, 1.82) is 0 Å². The molecule has 0 radical (unpaired) electrons. The number of rotatable bonds is 2. The summed E-state index contributed by atoms with van der Waals surface area (Å²) in [6.45, 7) is 1.49. The molecule has 1 aliphatic heterocycles. The lowest BCUT2D eigenvalue weighted by Crippen LogP contribution is -2.04. The van der Waals surface area contributed by atoms with Crippen molar-refractivity contribution in [2.24, 2.45) is 0 Å². The summed E-state index contributed by atoms with van der Waals surface area (Å²) in [7, 11) is 0. The molecule has 2 N–H and O–H groups in total. The summed E-state index contributed by atoms with van der Waals surface area (Å²) in [5.41, 5.74) is 7.50. The lowest BCUT2D eigenvalue weighted by molar-refractivity contribution is 0.193. The highest BCUT2D eigenvalue weighted by molar-refractivity contribution is 7.19. The topological polar surface area (TPSA) is 78.3 Å². The highest BCUT2D eigenvalue weighted by atomic mass is 32.1. The first kappa shape index (κ1) is 11.8. The van der Waals surface area contributed by atoms with Crippen LogP contribution in [-0.2, 0) is 4.74 Å². The van der Waals surface area contributed by atoms with Gasteiger partial charge in [-0.1, -0.05) is 11.3 Å². The Kier molecular flexibility index (Phi) is 2.68. The summed E-state index contributed by atoms with van der Waals surface area (Å²) >= 11 is 1.53. The normalized spacial score (nSPS) is 18.9. The van der Waals surface area contributed by atoms with E-state index in [1.807, 2.05) is 28.8 Å². The van der Waals surface area contributed by atoms with E-state index in [1.165, 1.54) is 11.3 Å². The van der Waals surface area contributed by atoms with Crippen molar-refractivity contribution in [3.8, 4) is 10.6 Å². The van der Waals surface area contributed by atoms with Crippen LogP contribution in [0.3, 0.4) is 0 Å². The van der Waals surface area contributed by atoms with Gasteiger partial charge in [-0.25, -0.2) is 0 Å². The third-order valence-corrected chi connectivity index (χ3v) is 4.42. The largest absolute Gasteiger partial charge is 0.399 e. The molecule has 1 unspecified atom stereocenters. The molecule has 4 rings (SSSR count). The van der Waals surface area contributed by atoms with Crippen LogP contribution in [0.2, 0.25) is 0 Å². The predicted molar refractivity (Wildman–Crippen MR) is 76.7 cm³/mol. The van der Waals surface area contributed by atoms with E-state index in [2.05, 4.69) is 15.3 Å². The molecule has 0 amide bonds. The summed E-state index contributed by atoms with van der Waals surface area (Å²) < 4.78 is 7.26. The fourth-order valence-electron chi connectivity index (χ4n) is 2.37. The van der Waals surface area contributed by atoms with Crippen molar-refractivity contribution >= 4 is 22.0 Å². The van der Waals surface area contributed by atoms with Gasteiger partial charge in [0.2, 0.25) is 4.96 Å². The van der Waals surface area contributed by atoms with Crippen molar-refractivity contribution in [2.45, 2.75) is 12.3 Å². The van der Waals surface area contributed by atoms with Gasteiger partial charge in [0.05, 0.1) is 6.61 Å². The molecule has 0 saturated carbocycles. The Morgan fingerprint density at radius 1 is 1.25 bits per heavy atom. The van der Waals surface area contributed by atoms with Crippen LogP contribution < -0.4 is 5.73 Å². The Balaban J connectivity index is 1.77. The predicted octanol–water partition coefficient (Wildman–Crippen LogP) is 1.94. The molecule has 1 aliphatic rings. The van der Waals surface area contributed by atoms with E-state index in [0.717, 1.165) is 40.1 Å². The molecule has 0 aliphatic carbocycles. The second-order valence-corrected chi connectivity index (χ2v) is 5.80. The average Bonchev–Trinajstić information content (AvgIpc) is 3.15. The molecule has 0 spiro atoms. The van der Waals surface area contributed by atoms with Crippen molar-refractivity contribution in [3.05, 3.63) is 30.1 Å². The first-order valence-electron chi connectivity index (χ1n) is 6.47. The lowest BCUT2D eigenvalue weighted by Gasteiger charge is -2.01. The number of benzene rings is 1. The molecule has 1 atom stereocenters. The molecule has 2 aromatic heterocycles. The summed E-state index contributed by atoms with van der Waals surface area (Å²) in [4.78, 5) is 0.818. The van der Waals surface area contributed by atoms with Crippen LogP contribution in [0.4, 0.5) is 5.69 Å². The Bertz CT molecular complexity index is 742. The Hall–Kier alpha value is -1.99. The van der Waals surface area contributed by atoms with Crippen LogP contribution in [0.1, 0.15) is 18.2 Å². The van der Waals surface area contributed by atoms with E-state index in [4.69, 9.17) is 10.5 Å². The fraction of sp³-hybridized carbons (Fsp3) is 0.308. The zero-order valence-electron chi connectivity index (χ0n) is 10.7. The zero-order chi connectivity index (χ0) is 13.5. The molecule has 20 heavy (non-hydrogen) atoms. The molecule has 1 fully saturated rings. The molecule has 3 heterocycles. The van der Waals surface area contributed by atoms with E-state index in [0.29, 0.717) is 12.5 Å². The minimum atomic E-state index is 0.298. The molecular weight excluding hydrogens is 274 g/mol. The number of fused-ring (bicyclic) bond motifs is 1. The van der Waals surface area contributed by atoms with Gasteiger partial charge in [-0.3, -0.25) is 0 Å². The Morgan fingerprint density at radius 3 is 2.85 bits per heavy atom. The number of nitrogen functional groups attached to an aromatic ring is 1. The van der Waals surface area contributed by atoms with Gasteiger partial charge in [0.15, 0.2) is 5.82 Å². The standard InChI is InChI=1S/C13H13N5OS/c14-10-3-1-8(2-4-10)12-17-18-11(9-5-6-19-7-9)15-16-13(18)20-12/h1-4,9H,5-7,14H2. The minimum absolute atomic E-state index is 0.298. The van der Waals surface area contributed by atoms with Crippen LogP contribution >= 0.6 is 11.3 Å². The molecule has 1 aromatic carbocycles. The first-order chi connectivity index (χ1) is 9.81. The number of aromatic nitrogens is 4. The van der Waals surface area contributed by atoms with Gasteiger partial charge in [-0.2, -0.15) is 9.61 Å². The average molecular weight is 287 g/mol. The molecule has 0 bridgehead atoms. The maximum absolute atomic E-state index is 5.71. The summed E-state index contributed by atoms with van der Waals surface area (Å²) in [5, 5.41) is 14.0. The van der Waals surface area contributed by atoms with E-state index >= 15 is 0 Å².